The number of benzene rings is 2. The molecule has 1 unspecified atom stereocenters. The van der Waals surface area contributed by atoms with Gasteiger partial charge in [0.2, 0.25) is 0 Å². The maximum absolute atomic E-state index is 12.6. The van der Waals surface area contributed by atoms with Crippen molar-refractivity contribution in [3.8, 4) is 6.07 Å². The Morgan fingerprint density at radius 1 is 1.23 bits per heavy atom. The van der Waals surface area contributed by atoms with Gasteiger partial charge >= 0.3 is 6.18 Å². The van der Waals surface area contributed by atoms with E-state index in [9.17, 15) is 18.0 Å². The van der Waals surface area contributed by atoms with Crippen LogP contribution in [0.15, 0.2) is 42.5 Å². The Hall–Kier alpha value is -2.56. The van der Waals surface area contributed by atoms with Crippen LogP contribution in [0.1, 0.15) is 16.7 Å². The molecule has 4 nitrogen and oxygen atoms in total. The zero-order valence-electron chi connectivity index (χ0n) is 13.8. The molecule has 0 bridgehead atoms. The number of alkyl halides is 3. The lowest BCUT2D eigenvalue weighted by Crippen LogP contribution is -3.08. The third-order valence-corrected chi connectivity index (χ3v) is 3.94. The number of likely N-dealkylation sites (N-methyl/N-ethyl adjacent to an activating group) is 1. The van der Waals surface area contributed by atoms with Crippen LogP contribution < -0.4 is 10.2 Å². The molecule has 0 radical (unpaired) electrons. The summed E-state index contributed by atoms with van der Waals surface area (Å²) in [5.41, 5.74) is 0.787. The van der Waals surface area contributed by atoms with E-state index in [1.807, 2.05) is 6.07 Å². The van der Waals surface area contributed by atoms with Crippen LogP contribution in [0.2, 0.25) is 5.02 Å². The predicted molar refractivity (Wildman–Crippen MR) is 91.7 cm³/mol. The van der Waals surface area contributed by atoms with E-state index in [1.54, 1.807) is 13.1 Å². The van der Waals surface area contributed by atoms with Crippen LogP contribution in [-0.4, -0.2) is 19.5 Å². The monoisotopic (exact) mass is 382 g/mol. The predicted octanol–water partition coefficient (Wildman–Crippen LogP) is 2.88. The van der Waals surface area contributed by atoms with Crippen molar-refractivity contribution in [2.45, 2.75) is 12.7 Å². The standard InChI is InChI=1S/C18H15ClF3N3O/c1-25(10-12-2-5-14(6-3-12)18(20,21)22)11-17(26)24-15-7-4-13(9-23)16(19)8-15/h2-8H,10-11H2,1H3,(H,24,26)/p+1. The number of hydrogen-bond acceptors (Lipinski definition) is 2. The molecular weight excluding hydrogens is 367 g/mol. The average Bonchev–Trinajstić information content (AvgIpc) is 2.54. The first kappa shape index (κ1) is 19.8. The van der Waals surface area contributed by atoms with Crippen LogP contribution in [0.3, 0.4) is 0 Å². The molecule has 0 spiro atoms. The number of carbonyl (C=O) groups excluding carboxylic acids is 1. The molecule has 2 aromatic carbocycles. The summed E-state index contributed by atoms with van der Waals surface area (Å²) in [4.78, 5) is 12.9. The summed E-state index contributed by atoms with van der Waals surface area (Å²) in [6.45, 7) is 0.526. The number of halogens is 4. The zero-order chi connectivity index (χ0) is 19.3. The van der Waals surface area contributed by atoms with Gasteiger partial charge in [0, 0.05) is 11.3 Å². The first-order valence-electron chi connectivity index (χ1n) is 7.66. The summed E-state index contributed by atoms with van der Waals surface area (Å²) in [5, 5.41) is 11.7. The fourth-order valence-electron chi connectivity index (χ4n) is 2.39. The van der Waals surface area contributed by atoms with Crippen LogP contribution in [0.5, 0.6) is 0 Å². The first-order valence-corrected chi connectivity index (χ1v) is 8.04. The van der Waals surface area contributed by atoms with Gasteiger partial charge in [0.05, 0.1) is 23.2 Å². The van der Waals surface area contributed by atoms with E-state index in [4.69, 9.17) is 16.9 Å². The second kappa shape index (κ2) is 8.21. The zero-order valence-corrected chi connectivity index (χ0v) is 14.6. The van der Waals surface area contributed by atoms with Gasteiger partial charge in [-0.05, 0) is 30.3 Å². The molecule has 0 aliphatic rings. The number of nitrogens with zero attached hydrogens (tertiary/aromatic N) is 1. The molecule has 0 heterocycles. The minimum absolute atomic E-state index is 0.124. The molecule has 1 atom stereocenters. The molecule has 0 aliphatic heterocycles. The van der Waals surface area contributed by atoms with Crippen molar-refractivity contribution in [2.75, 3.05) is 18.9 Å². The summed E-state index contributed by atoms with van der Waals surface area (Å²) >= 11 is 5.91. The van der Waals surface area contributed by atoms with Gasteiger partial charge in [-0.25, -0.2) is 0 Å². The Morgan fingerprint density at radius 3 is 2.42 bits per heavy atom. The number of nitrogens with one attached hydrogen (secondary N) is 2. The molecule has 2 aromatic rings. The minimum Gasteiger partial charge on any atom is -0.326 e. The molecule has 8 heteroatoms. The van der Waals surface area contributed by atoms with E-state index in [-0.39, 0.29) is 17.5 Å². The summed E-state index contributed by atoms with van der Waals surface area (Å²) < 4.78 is 37.7. The van der Waals surface area contributed by atoms with E-state index in [0.717, 1.165) is 17.0 Å². The third kappa shape index (κ3) is 5.48. The lowest BCUT2D eigenvalue weighted by Gasteiger charge is -2.15. The molecule has 1 amide bonds. The Morgan fingerprint density at radius 2 is 1.88 bits per heavy atom. The highest BCUT2D eigenvalue weighted by molar-refractivity contribution is 6.32. The number of carbonyl (C=O) groups is 1. The van der Waals surface area contributed by atoms with Crippen LogP contribution in [-0.2, 0) is 17.5 Å². The van der Waals surface area contributed by atoms with Gasteiger partial charge in [-0.3, -0.25) is 4.79 Å². The van der Waals surface area contributed by atoms with E-state index in [1.165, 1.54) is 24.3 Å². The summed E-state index contributed by atoms with van der Waals surface area (Å²) in [5.74, 6) is -0.268. The smallest absolute Gasteiger partial charge is 0.326 e. The third-order valence-electron chi connectivity index (χ3n) is 3.62. The van der Waals surface area contributed by atoms with Gasteiger partial charge in [-0.15, -0.1) is 0 Å². The second-order valence-corrected chi connectivity index (χ2v) is 6.27. The number of amides is 1. The fraction of sp³-hybridized carbons (Fsp3) is 0.222. The number of quaternary nitrogens is 1. The number of rotatable bonds is 5. The molecule has 0 saturated carbocycles. The van der Waals surface area contributed by atoms with Gasteiger partial charge in [0.15, 0.2) is 6.54 Å². The first-order chi connectivity index (χ1) is 12.2. The van der Waals surface area contributed by atoms with Crippen molar-refractivity contribution in [1.82, 2.24) is 0 Å². The maximum atomic E-state index is 12.6. The van der Waals surface area contributed by atoms with Crippen molar-refractivity contribution < 1.29 is 22.9 Å². The fourth-order valence-corrected chi connectivity index (χ4v) is 2.61. The SMILES string of the molecule is C[NH+](CC(=O)Nc1ccc(C#N)c(Cl)c1)Cc1ccc(C(F)(F)F)cc1. The van der Waals surface area contributed by atoms with Crippen LogP contribution >= 0.6 is 11.6 Å². The highest BCUT2D eigenvalue weighted by Gasteiger charge is 2.30. The van der Waals surface area contributed by atoms with Gasteiger partial charge in [-0.1, -0.05) is 23.7 Å². The lowest BCUT2D eigenvalue weighted by molar-refractivity contribution is -0.885. The van der Waals surface area contributed by atoms with E-state index in [2.05, 4.69) is 5.32 Å². The molecular formula is C18H16ClF3N3O+. The van der Waals surface area contributed by atoms with Crippen molar-refractivity contribution in [3.63, 3.8) is 0 Å². The summed E-state index contributed by atoms with van der Waals surface area (Å²) in [6.07, 6.45) is -4.36. The van der Waals surface area contributed by atoms with Gasteiger partial charge in [-0.2, -0.15) is 18.4 Å². The van der Waals surface area contributed by atoms with Crippen molar-refractivity contribution in [3.05, 3.63) is 64.2 Å². The Kier molecular flexibility index (Phi) is 6.24. The van der Waals surface area contributed by atoms with Crippen LogP contribution in [0.25, 0.3) is 0 Å². The Bertz CT molecular complexity index is 829. The molecule has 0 saturated heterocycles. The Balaban J connectivity index is 1.91. The molecule has 0 aliphatic carbocycles. The molecule has 136 valence electrons. The van der Waals surface area contributed by atoms with Crippen molar-refractivity contribution in [2.24, 2.45) is 0 Å². The normalized spacial score (nSPS) is 12.3. The minimum atomic E-state index is -4.36. The second-order valence-electron chi connectivity index (χ2n) is 5.86. The number of anilines is 1. The van der Waals surface area contributed by atoms with E-state index >= 15 is 0 Å². The van der Waals surface area contributed by atoms with Crippen LogP contribution in [0, 0.1) is 11.3 Å². The van der Waals surface area contributed by atoms with E-state index < -0.39 is 11.7 Å². The summed E-state index contributed by atoms with van der Waals surface area (Å²) in [6, 6.07) is 11.4. The van der Waals surface area contributed by atoms with Gasteiger partial charge < -0.3 is 10.2 Å². The quantitative estimate of drug-likeness (QED) is 0.835. The van der Waals surface area contributed by atoms with Crippen molar-refractivity contribution >= 4 is 23.2 Å². The molecule has 26 heavy (non-hydrogen) atoms. The molecule has 2 N–H and O–H groups in total. The number of hydrogen-bond donors (Lipinski definition) is 2. The average molecular weight is 383 g/mol. The molecule has 0 aromatic heterocycles. The highest BCUT2D eigenvalue weighted by atomic mass is 35.5. The summed E-state index contributed by atoms with van der Waals surface area (Å²) in [7, 11) is 1.77. The van der Waals surface area contributed by atoms with Crippen molar-refractivity contribution in [1.29, 1.82) is 5.26 Å². The molecule has 2 rings (SSSR count). The Labute approximate surface area is 153 Å². The molecule has 0 fully saturated rings. The lowest BCUT2D eigenvalue weighted by atomic mass is 10.1. The maximum Gasteiger partial charge on any atom is 0.416 e. The van der Waals surface area contributed by atoms with Crippen LogP contribution in [0.4, 0.5) is 18.9 Å². The highest BCUT2D eigenvalue weighted by Crippen LogP contribution is 2.28. The van der Waals surface area contributed by atoms with Gasteiger partial charge in [0.25, 0.3) is 5.91 Å². The largest absolute Gasteiger partial charge is 0.416 e. The van der Waals surface area contributed by atoms with E-state index in [0.29, 0.717) is 23.4 Å². The topological polar surface area (TPSA) is 57.3 Å². The van der Waals surface area contributed by atoms with Gasteiger partial charge in [0.1, 0.15) is 12.6 Å². The number of nitriles is 1.